The SMILES string of the molecule is Cc1nc(CCN(C)C(=O)CN2C[C@@H](Cc3ccccc3)CC2=O)no1. The highest BCUT2D eigenvalue weighted by atomic mass is 16.5. The number of carbonyl (C=O) groups excluding carboxylic acids is 2. The molecule has 1 atom stereocenters. The van der Waals surface area contributed by atoms with E-state index in [1.807, 2.05) is 18.2 Å². The first-order valence-corrected chi connectivity index (χ1v) is 8.86. The monoisotopic (exact) mass is 356 g/mol. The second-order valence-electron chi connectivity index (χ2n) is 6.83. The lowest BCUT2D eigenvalue weighted by molar-refractivity contribution is -0.137. The molecule has 2 aromatic rings. The molecule has 1 aliphatic rings. The van der Waals surface area contributed by atoms with E-state index < -0.39 is 0 Å². The van der Waals surface area contributed by atoms with Crippen molar-refractivity contribution in [3.63, 3.8) is 0 Å². The van der Waals surface area contributed by atoms with Crippen molar-refractivity contribution in [2.45, 2.75) is 26.2 Å². The number of hydrogen-bond acceptors (Lipinski definition) is 5. The number of hydrogen-bond donors (Lipinski definition) is 0. The number of amides is 2. The zero-order valence-corrected chi connectivity index (χ0v) is 15.2. The minimum atomic E-state index is -0.0704. The predicted molar refractivity (Wildman–Crippen MR) is 95.2 cm³/mol. The van der Waals surface area contributed by atoms with Crippen molar-refractivity contribution in [2.24, 2.45) is 5.92 Å². The fourth-order valence-corrected chi connectivity index (χ4v) is 3.21. The number of aryl methyl sites for hydroxylation is 1. The van der Waals surface area contributed by atoms with Crippen molar-refractivity contribution in [3.05, 3.63) is 47.6 Å². The summed E-state index contributed by atoms with van der Waals surface area (Å²) >= 11 is 0. The van der Waals surface area contributed by atoms with Gasteiger partial charge in [0, 0.05) is 39.9 Å². The van der Waals surface area contributed by atoms with E-state index in [0.717, 1.165) is 6.42 Å². The van der Waals surface area contributed by atoms with Crippen LogP contribution in [-0.4, -0.2) is 58.4 Å². The molecule has 26 heavy (non-hydrogen) atoms. The Balaban J connectivity index is 1.46. The van der Waals surface area contributed by atoms with Crippen LogP contribution in [-0.2, 0) is 22.4 Å². The van der Waals surface area contributed by atoms with Crippen LogP contribution in [0.3, 0.4) is 0 Å². The molecule has 2 amide bonds. The van der Waals surface area contributed by atoms with Gasteiger partial charge >= 0.3 is 0 Å². The molecule has 0 spiro atoms. The summed E-state index contributed by atoms with van der Waals surface area (Å²) in [4.78, 5) is 32.1. The Morgan fingerprint density at radius 1 is 1.35 bits per heavy atom. The zero-order chi connectivity index (χ0) is 18.5. The number of aromatic nitrogens is 2. The van der Waals surface area contributed by atoms with E-state index in [4.69, 9.17) is 4.52 Å². The maximum Gasteiger partial charge on any atom is 0.241 e. The molecule has 1 saturated heterocycles. The lowest BCUT2D eigenvalue weighted by atomic mass is 9.99. The van der Waals surface area contributed by atoms with E-state index in [9.17, 15) is 9.59 Å². The molecular weight excluding hydrogens is 332 g/mol. The summed E-state index contributed by atoms with van der Waals surface area (Å²) in [7, 11) is 1.73. The summed E-state index contributed by atoms with van der Waals surface area (Å²) in [5, 5.41) is 3.82. The number of carbonyl (C=O) groups is 2. The molecule has 0 unspecified atom stereocenters. The molecule has 2 heterocycles. The maximum absolute atomic E-state index is 12.4. The topological polar surface area (TPSA) is 79.5 Å². The fourth-order valence-electron chi connectivity index (χ4n) is 3.21. The zero-order valence-electron chi connectivity index (χ0n) is 15.2. The molecule has 0 saturated carbocycles. The van der Waals surface area contributed by atoms with E-state index >= 15 is 0 Å². The summed E-state index contributed by atoms with van der Waals surface area (Å²) in [6.45, 7) is 2.99. The van der Waals surface area contributed by atoms with Crippen molar-refractivity contribution >= 4 is 11.8 Å². The molecule has 1 fully saturated rings. The average molecular weight is 356 g/mol. The van der Waals surface area contributed by atoms with Crippen molar-refractivity contribution < 1.29 is 14.1 Å². The summed E-state index contributed by atoms with van der Waals surface area (Å²) in [5.74, 6) is 1.36. The second-order valence-corrected chi connectivity index (χ2v) is 6.83. The fraction of sp³-hybridized carbons (Fsp3) is 0.474. The van der Waals surface area contributed by atoms with Gasteiger partial charge in [0.05, 0.1) is 6.54 Å². The van der Waals surface area contributed by atoms with Crippen LogP contribution in [0.2, 0.25) is 0 Å². The van der Waals surface area contributed by atoms with Crippen molar-refractivity contribution in [1.82, 2.24) is 19.9 Å². The largest absolute Gasteiger partial charge is 0.344 e. The van der Waals surface area contributed by atoms with E-state index in [0.29, 0.717) is 37.6 Å². The van der Waals surface area contributed by atoms with E-state index in [1.54, 1.807) is 23.8 Å². The number of nitrogens with zero attached hydrogens (tertiary/aromatic N) is 4. The van der Waals surface area contributed by atoms with Gasteiger partial charge in [-0.05, 0) is 17.9 Å². The average Bonchev–Trinajstić information content (AvgIpc) is 3.19. The summed E-state index contributed by atoms with van der Waals surface area (Å²) in [6, 6.07) is 10.2. The van der Waals surface area contributed by atoms with Gasteiger partial charge in [-0.3, -0.25) is 9.59 Å². The molecular formula is C19H24N4O3. The number of likely N-dealkylation sites (N-methyl/N-ethyl adjacent to an activating group) is 1. The molecule has 0 N–H and O–H groups in total. The Bertz CT molecular complexity index is 759. The molecule has 0 bridgehead atoms. The van der Waals surface area contributed by atoms with E-state index in [-0.39, 0.29) is 24.3 Å². The Hall–Kier alpha value is -2.70. The third kappa shape index (κ3) is 4.68. The minimum Gasteiger partial charge on any atom is -0.344 e. The molecule has 0 radical (unpaired) electrons. The van der Waals surface area contributed by atoms with Crippen LogP contribution in [0.5, 0.6) is 0 Å². The third-order valence-corrected chi connectivity index (χ3v) is 4.65. The highest BCUT2D eigenvalue weighted by Gasteiger charge is 2.31. The Morgan fingerprint density at radius 3 is 2.81 bits per heavy atom. The number of likely N-dealkylation sites (tertiary alicyclic amines) is 1. The van der Waals surface area contributed by atoms with Crippen molar-refractivity contribution in [1.29, 1.82) is 0 Å². The molecule has 1 aromatic heterocycles. The van der Waals surface area contributed by atoms with Crippen LogP contribution in [0.1, 0.15) is 23.7 Å². The van der Waals surface area contributed by atoms with Gasteiger partial charge in [0.2, 0.25) is 17.7 Å². The molecule has 7 heteroatoms. The quantitative estimate of drug-likeness (QED) is 0.751. The first kappa shape index (κ1) is 18.1. The molecule has 1 aromatic carbocycles. The second kappa shape index (κ2) is 8.12. The Kier molecular flexibility index (Phi) is 5.65. The molecule has 0 aliphatic carbocycles. The van der Waals surface area contributed by atoms with Crippen LogP contribution in [0.4, 0.5) is 0 Å². The van der Waals surface area contributed by atoms with Crippen LogP contribution in [0.15, 0.2) is 34.9 Å². The normalized spacial score (nSPS) is 16.9. The minimum absolute atomic E-state index is 0.0569. The van der Waals surface area contributed by atoms with E-state index in [1.165, 1.54) is 5.56 Å². The lowest BCUT2D eigenvalue weighted by Gasteiger charge is -2.21. The van der Waals surface area contributed by atoms with Gasteiger partial charge in [-0.25, -0.2) is 0 Å². The van der Waals surface area contributed by atoms with Crippen LogP contribution < -0.4 is 0 Å². The summed E-state index contributed by atoms with van der Waals surface area (Å²) in [5.41, 5.74) is 1.23. The first-order valence-electron chi connectivity index (χ1n) is 8.86. The number of benzene rings is 1. The summed E-state index contributed by atoms with van der Waals surface area (Å²) in [6.07, 6.45) is 1.91. The van der Waals surface area contributed by atoms with Gasteiger partial charge < -0.3 is 14.3 Å². The summed E-state index contributed by atoms with van der Waals surface area (Å²) < 4.78 is 4.92. The third-order valence-electron chi connectivity index (χ3n) is 4.65. The van der Waals surface area contributed by atoms with Gasteiger partial charge in [0.1, 0.15) is 0 Å². The first-order chi connectivity index (χ1) is 12.5. The van der Waals surface area contributed by atoms with Crippen LogP contribution in [0.25, 0.3) is 0 Å². The van der Waals surface area contributed by atoms with Crippen molar-refractivity contribution in [2.75, 3.05) is 26.7 Å². The van der Waals surface area contributed by atoms with Crippen LogP contribution >= 0.6 is 0 Å². The van der Waals surface area contributed by atoms with E-state index in [2.05, 4.69) is 22.3 Å². The highest BCUT2D eigenvalue weighted by Crippen LogP contribution is 2.22. The smallest absolute Gasteiger partial charge is 0.241 e. The predicted octanol–water partition coefficient (Wildman–Crippen LogP) is 1.47. The Labute approximate surface area is 153 Å². The van der Waals surface area contributed by atoms with Gasteiger partial charge in [0.15, 0.2) is 5.82 Å². The molecule has 7 nitrogen and oxygen atoms in total. The Morgan fingerprint density at radius 2 is 2.12 bits per heavy atom. The van der Waals surface area contributed by atoms with Gasteiger partial charge in [-0.15, -0.1) is 0 Å². The number of rotatable bonds is 7. The molecule has 1 aliphatic heterocycles. The standard InChI is InChI=1S/C19H24N4O3/c1-14-20-17(21-26-14)8-9-22(2)19(25)13-23-12-16(11-18(23)24)10-15-6-4-3-5-7-15/h3-7,16H,8-13H2,1-2H3/t16-/m0/s1. The molecule has 3 rings (SSSR count). The molecule has 138 valence electrons. The highest BCUT2D eigenvalue weighted by molar-refractivity contribution is 5.86. The lowest BCUT2D eigenvalue weighted by Crippen LogP contribution is -2.40. The van der Waals surface area contributed by atoms with Gasteiger partial charge in [-0.1, -0.05) is 35.5 Å². The van der Waals surface area contributed by atoms with Crippen molar-refractivity contribution in [3.8, 4) is 0 Å². The van der Waals surface area contributed by atoms with Gasteiger partial charge in [-0.2, -0.15) is 4.98 Å². The van der Waals surface area contributed by atoms with Gasteiger partial charge in [0.25, 0.3) is 0 Å². The van der Waals surface area contributed by atoms with Crippen LogP contribution in [0, 0.1) is 12.8 Å². The maximum atomic E-state index is 12.4.